The molecular formula is C17H23NO3. The van der Waals surface area contributed by atoms with Crippen molar-refractivity contribution in [1.29, 1.82) is 0 Å². The smallest absolute Gasteiger partial charge is 0.163 e. The zero-order valence-electron chi connectivity index (χ0n) is 12.7. The van der Waals surface area contributed by atoms with Crippen molar-refractivity contribution in [1.82, 2.24) is 4.90 Å². The first-order valence-corrected chi connectivity index (χ1v) is 7.65. The number of likely N-dealkylation sites (tertiary alicyclic amines) is 1. The lowest BCUT2D eigenvalue weighted by atomic mass is 9.96. The molecule has 4 nitrogen and oxygen atoms in total. The molecule has 0 radical (unpaired) electrons. The van der Waals surface area contributed by atoms with Crippen molar-refractivity contribution >= 4 is 5.78 Å². The van der Waals surface area contributed by atoms with Crippen molar-refractivity contribution in [2.24, 2.45) is 0 Å². The molecule has 1 aromatic carbocycles. The maximum absolute atomic E-state index is 11.9. The topological polar surface area (TPSA) is 38.8 Å². The summed E-state index contributed by atoms with van der Waals surface area (Å²) in [6.07, 6.45) is 1.19. The monoisotopic (exact) mass is 289 g/mol. The van der Waals surface area contributed by atoms with Crippen LogP contribution in [0.1, 0.15) is 32.3 Å². The average molecular weight is 289 g/mol. The van der Waals surface area contributed by atoms with Crippen molar-refractivity contribution in [2.45, 2.75) is 51.2 Å². The van der Waals surface area contributed by atoms with E-state index in [1.54, 1.807) is 0 Å². The predicted molar refractivity (Wildman–Crippen MR) is 79.8 cm³/mol. The van der Waals surface area contributed by atoms with E-state index in [2.05, 4.69) is 29.2 Å². The molecule has 0 aromatic heterocycles. The van der Waals surface area contributed by atoms with Crippen molar-refractivity contribution < 1.29 is 14.3 Å². The van der Waals surface area contributed by atoms with Crippen LogP contribution in [0.2, 0.25) is 0 Å². The molecular weight excluding hydrogens is 266 g/mol. The van der Waals surface area contributed by atoms with Crippen LogP contribution in [0.4, 0.5) is 0 Å². The summed E-state index contributed by atoms with van der Waals surface area (Å²) in [5.74, 6) is -0.207. The fourth-order valence-corrected chi connectivity index (χ4v) is 3.18. The van der Waals surface area contributed by atoms with E-state index in [1.165, 1.54) is 5.56 Å². The van der Waals surface area contributed by atoms with Crippen LogP contribution in [-0.4, -0.2) is 41.8 Å². The Morgan fingerprint density at radius 3 is 2.71 bits per heavy atom. The summed E-state index contributed by atoms with van der Waals surface area (Å²) in [7, 11) is 0. The first-order valence-electron chi connectivity index (χ1n) is 7.65. The Morgan fingerprint density at radius 1 is 1.29 bits per heavy atom. The average Bonchev–Trinajstić information content (AvgIpc) is 2.82. The molecule has 0 amide bonds. The molecule has 0 N–H and O–H groups in total. The van der Waals surface area contributed by atoms with Crippen LogP contribution in [0, 0.1) is 0 Å². The van der Waals surface area contributed by atoms with Gasteiger partial charge in [0.2, 0.25) is 0 Å². The second kappa shape index (κ2) is 5.87. The molecule has 2 fully saturated rings. The predicted octanol–water partition coefficient (Wildman–Crippen LogP) is 2.37. The van der Waals surface area contributed by atoms with Gasteiger partial charge in [-0.25, -0.2) is 0 Å². The maximum atomic E-state index is 11.9. The molecule has 0 saturated carbocycles. The maximum Gasteiger partial charge on any atom is 0.163 e. The van der Waals surface area contributed by atoms with Gasteiger partial charge in [0, 0.05) is 32.0 Å². The molecule has 2 heterocycles. The number of piperidine rings is 1. The first kappa shape index (κ1) is 14.7. The van der Waals surface area contributed by atoms with E-state index in [0.717, 1.165) is 13.1 Å². The summed E-state index contributed by atoms with van der Waals surface area (Å²) in [6, 6.07) is 10.5. The van der Waals surface area contributed by atoms with Gasteiger partial charge in [0.25, 0.3) is 0 Å². The normalized spacial score (nSPS) is 29.7. The standard InChI is InChI=1S/C17H23NO3/c1-17(2)20-12-16(21-17)15-10-14(19)8-9-18(15)11-13-6-4-3-5-7-13/h3-7,15-16H,8-12H2,1-2H3/t15?,16-/m1/s1. The van der Waals surface area contributed by atoms with Gasteiger partial charge in [-0.05, 0) is 19.4 Å². The minimum atomic E-state index is -0.538. The molecule has 2 aliphatic heterocycles. The van der Waals surface area contributed by atoms with Gasteiger partial charge >= 0.3 is 0 Å². The Labute approximate surface area is 126 Å². The third kappa shape index (κ3) is 3.51. The molecule has 114 valence electrons. The molecule has 0 aliphatic carbocycles. The number of Topliss-reactive ketones (excluding diaryl/α,β-unsaturated/α-hetero) is 1. The third-order valence-electron chi connectivity index (χ3n) is 4.27. The fraction of sp³-hybridized carbons (Fsp3) is 0.588. The number of carbonyl (C=O) groups is 1. The van der Waals surface area contributed by atoms with Crippen molar-refractivity contribution in [3.63, 3.8) is 0 Å². The molecule has 4 heteroatoms. The number of carbonyl (C=O) groups excluding carboxylic acids is 1. The molecule has 0 bridgehead atoms. The minimum Gasteiger partial charge on any atom is -0.348 e. The molecule has 21 heavy (non-hydrogen) atoms. The largest absolute Gasteiger partial charge is 0.348 e. The van der Waals surface area contributed by atoms with Crippen LogP contribution in [0.5, 0.6) is 0 Å². The van der Waals surface area contributed by atoms with Crippen molar-refractivity contribution in [2.75, 3.05) is 13.2 Å². The van der Waals surface area contributed by atoms with Gasteiger partial charge in [-0.2, -0.15) is 0 Å². The highest BCUT2D eigenvalue weighted by atomic mass is 16.7. The third-order valence-corrected chi connectivity index (χ3v) is 4.27. The van der Waals surface area contributed by atoms with E-state index >= 15 is 0 Å². The molecule has 0 spiro atoms. The molecule has 3 rings (SSSR count). The van der Waals surface area contributed by atoms with E-state index in [4.69, 9.17) is 9.47 Å². The van der Waals surface area contributed by atoms with Gasteiger partial charge in [-0.1, -0.05) is 30.3 Å². The van der Waals surface area contributed by atoms with Gasteiger partial charge in [0.1, 0.15) is 11.9 Å². The summed E-state index contributed by atoms with van der Waals surface area (Å²) >= 11 is 0. The van der Waals surface area contributed by atoms with E-state index in [9.17, 15) is 4.79 Å². The molecule has 1 unspecified atom stereocenters. The number of nitrogens with zero attached hydrogens (tertiary/aromatic N) is 1. The summed E-state index contributed by atoms with van der Waals surface area (Å²) in [5, 5.41) is 0. The molecule has 1 aromatic rings. The Hall–Kier alpha value is -1.23. The van der Waals surface area contributed by atoms with Gasteiger partial charge in [-0.3, -0.25) is 9.69 Å². The number of benzene rings is 1. The number of rotatable bonds is 3. The minimum absolute atomic E-state index is 0.0204. The number of hydrogen-bond acceptors (Lipinski definition) is 4. The van der Waals surface area contributed by atoms with Crippen LogP contribution >= 0.6 is 0 Å². The Bertz CT molecular complexity index is 500. The van der Waals surface area contributed by atoms with E-state index in [0.29, 0.717) is 25.2 Å². The summed E-state index contributed by atoms with van der Waals surface area (Å²) in [6.45, 7) is 6.09. The lowest BCUT2D eigenvalue weighted by Gasteiger charge is -2.38. The van der Waals surface area contributed by atoms with E-state index in [1.807, 2.05) is 19.9 Å². The summed E-state index contributed by atoms with van der Waals surface area (Å²) in [4.78, 5) is 14.2. The Balaban J connectivity index is 1.73. The van der Waals surface area contributed by atoms with Crippen molar-refractivity contribution in [3.8, 4) is 0 Å². The quantitative estimate of drug-likeness (QED) is 0.856. The highest BCUT2D eigenvalue weighted by molar-refractivity contribution is 5.80. The zero-order chi connectivity index (χ0) is 14.9. The van der Waals surface area contributed by atoms with E-state index < -0.39 is 5.79 Å². The summed E-state index contributed by atoms with van der Waals surface area (Å²) in [5.41, 5.74) is 1.27. The Kier molecular flexibility index (Phi) is 4.11. The highest BCUT2D eigenvalue weighted by Crippen LogP contribution is 2.30. The zero-order valence-corrected chi connectivity index (χ0v) is 12.7. The SMILES string of the molecule is CC1(C)OC[C@H](C2CC(=O)CCN2Cc2ccccc2)O1. The van der Waals surface area contributed by atoms with Crippen molar-refractivity contribution in [3.05, 3.63) is 35.9 Å². The van der Waals surface area contributed by atoms with Gasteiger partial charge in [-0.15, -0.1) is 0 Å². The summed E-state index contributed by atoms with van der Waals surface area (Å²) < 4.78 is 11.7. The number of hydrogen-bond donors (Lipinski definition) is 0. The van der Waals surface area contributed by atoms with Crippen LogP contribution in [0.15, 0.2) is 30.3 Å². The molecule has 2 atom stereocenters. The van der Waals surface area contributed by atoms with Crippen LogP contribution < -0.4 is 0 Å². The van der Waals surface area contributed by atoms with E-state index in [-0.39, 0.29) is 12.1 Å². The van der Waals surface area contributed by atoms with Crippen LogP contribution in [0.25, 0.3) is 0 Å². The number of ether oxygens (including phenoxy) is 2. The van der Waals surface area contributed by atoms with Crippen LogP contribution in [0.3, 0.4) is 0 Å². The molecule has 2 saturated heterocycles. The van der Waals surface area contributed by atoms with Crippen LogP contribution in [-0.2, 0) is 20.8 Å². The highest BCUT2D eigenvalue weighted by Gasteiger charge is 2.41. The first-order chi connectivity index (χ1) is 10.0. The molecule has 2 aliphatic rings. The lowest BCUT2D eigenvalue weighted by Crippen LogP contribution is -2.50. The number of ketones is 1. The van der Waals surface area contributed by atoms with Gasteiger partial charge < -0.3 is 9.47 Å². The second-order valence-electron chi connectivity index (χ2n) is 6.38. The second-order valence-corrected chi connectivity index (χ2v) is 6.38. The van der Waals surface area contributed by atoms with Gasteiger partial charge in [0.15, 0.2) is 5.79 Å². The van der Waals surface area contributed by atoms with Gasteiger partial charge in [0.05, 0.1) is 6.61 Å². The fourth-order valence-electron chi connectivity index (χ4n) is 3.18. The Morgan fingerprint density at radius 2 is 2.05 bits per heavy atom. The lowest BCUT2D eigenvalue weighted by molar-refractivity contribution is -0.151.